The molecule has 0 fully saturated rings. The minimum absolute atomic E-state index is 0.525. The molecule has 0 amide bonds. The van der Waals surface area contributed by atoms with Crippen LogP contribution in [0.1, 0.15) is 24.0 Å². The lowest BCUT2D eigenvalue weighted by Crippen LogP contribution is -2.12. The van der Waals surface area contributed by atoms with Crippen molar-refractivity contribution in [3.8, 4) is 17.5 Å². The molecule has 1 heterocycles. The van der Waals surface area contributed by atoms with Crippen LogP contribution in [0, 0.1) is 11.3 Å². The Morgan fingerprint density at radius 2 is 1.92 bits per heavy atom. The van der Waals surface area contributed by atoms with Crippen molar-refractivity contribution in [2.45, 2.75) is 25.9 Å². The van der Waals surface area contributed by atoms with Crippen molar-refractivity contribution >= 4 is 0 Å². The number of aromatic nitrogens is 3. The zero-order valence-electron chi connectivity index (χ0n) is 14.5. The predicted molar refractivity (Wildman–Crippen MR) is 98.7 cm³/mol. The third-order valence-electron chi connectivity index (χ3n) is 3.88. The van der Waals surface area contributed by atoms with Gasteiger partial charge in [0.05, 0.1) is 18.4 Å². The van der Waals surface area contributed by atoms with E-state index in [0.29, 0.717) is 13.0 Å². The van der Waals surface area contributed by atoms with Gasteiger partial charge >= 0.3 is 0 Å². The first-order chi connectivity index (χ1) is 12.8. The van der Waals surface area contributed by atoms with Gasteiger partial charge in [-0.2, -0.15) is 10.4 Å². The summed E-state index contributed by atoms with van der Waals surface area (Å²) < 4.78 is 7.41. The largest absolute Gasteiger partial charge is 0.494 e. The summed E-state index contributed by atoms with van der Waals surface area (Å²) in [4.78, 5) is 3.95. The maximum absolute atomic E-state index is 8.54. The topological polar surface area (TPSA) is 75.8 Å². The second kappa shape index (κ2) is 9.35. The fourth-order valence-corrected chi connectivity index (χ4v) is 2.55. The Bertz CT molecular complexity index is 837. The highest BCUT2D eigenvalue weighted by molar-refractivity contribution is 5.33. The quantitative estimate of drug-likeness (QED) is 0.601. The number of nitriles is 1. The minimum Gasteiger partial charge on any atom is -0.494 e. The highest BCUT2D eigenvalue weighted by Gasteiger charge is 2.00. The van der Waals surface area contributed by atoms with E-state index in [1.807, 2.05) is 30.3 Å². The van der Waals surface area contributed by atoms with Gasteiger partial charge in [-0.15, -0.1) is 0 Å². The molecule has 3 aromatic rings. The molecule has 0 saturated carbocycles. The molecule has 2 aromatic carbocycles. The molecule has 6 heteroatoms. The molecule has 0 saturated heterocycles. The van der Waals surface area contributed by atoms with Crippen LogP contribution in [-0.2, 0) is 13.1 Å². The van der Waals surface area contributed by atoms with Gasteiger partial charge in [-0.3, -0.25) is 0 Å². The molecule has 0 bridgehead atoms. The van der Waals surface area contributed by atoms with Crippen LogP contribution < -0.4 is 10.1 Å². The Labute approximate surface area is 153 Å². The van der Waals surface area contributed by atoms with Crippen molar-refractivity contribution in [2.24, 2.45) is 0 Å². The van der Waals surface area contributed by atoms with Crippen LogP contribution >= 0.6 is 0 Å². The van der Waals surface area contributed by atoms with Gasteiger partial charge in [0.25, 0.3) is 0 Å². The van der Waals surface area contributed by atoms with Gasteiger partial charge in [-0.25, -0.2) is 9.67 Å². The van der Waals surface area contributed by atoms with Gasteiger partial charge in [-0.05, 0) is 41.8 Å². The molecule has 132 valence electrons. The lowest BCUT2D eigenvalue weighted by atomic mass is 10.2. The van der Waals surface area contributed by atoms with Crippen LogP contribution in [0.3, 0.4) is 0 Å². The van der Waals surface area contributed by atoms with Crippen molar-refractivity contribution in [2.75, 3.05) is 6.61 Å². The van der Waals surface area contributed by atoms with Crippen LogP contribution in [-0.4, -0.2) is 21.4 Å². The van der Waals surface area contributed by atoms with Crippen molar-refractivity contribution < 1.29 is 4.74 Å². The van der Waals surface area contributed by atoms with E-state index >= 15 is 0 Å². The van der Waals surface area contributed by atoms with Crippen molar-refractivity contribution in [1.82, 2.24) is 20.1 Å². The molecule has 0 atom stereocenters. The highest BCUT2D eigenvalue weighted by Crippen LogP contribution is 2.14. The summed E-state index contributed by atoms with van der Waals surface area (Å²) in [5, 5.41) is 16.1. The number of unbranched alkanes of at least 4 members (excludes halogenated alkanes) is 1. The standard InChI is InChI=1S/C20H21N5O/c21-10-1-2-11-26-20-5-3-4-18(12-20)14-22-13-17-6-8-19(9-7-17)25-16-23-15-24-25/h3-9,12,15-16,22H,1-2,11,13-14H2. The summed E-state index contributed by atoms with van der Waals surface area (Å²) in [6, 6.07) is 18.4. The average molecular weight is 347 g/mol. The van der Waals surface area contributed by atoms with Crippen LogP contribution in [0.5, 0.6) is 5.75 Å². The summed E-state index contributed by atoms with van der Waals surface area (Å²) in [6.07, 6.45) is 4.49. The van der Waals surface area contributed by atoms with Crippen LogP contribution in [0.25, 0.3) is 5.69 Å². The summed E-state index contributed by atoms with van der Waals surface area (Å²) in [5.74, 6) is 0.847. The van der Waals surface area contributed by atoms with Crippen LogP contribution in [0.4, 0.5) is 0 Å². The normalized spacial score (nSPS) is 10.4. The molecule has 0 aliphatic heterocycles. The third kappa shape index (κ3) is 5.16. The Hall–Kier alpha value is -3.17. The number of hydrogen-bond acceptors (Lipinski definition) is 5. The Morgan fingerprint density at radius 1 is 1.08 bits per heavy atom. The number of nitrogens with one attached hydrogen (secondary N) is 1. The van der Waals surface area contributed by atoms with Crippen LogP contribution in [0.15, 0.2) is 61.2 Å². The van der Waals surface area contributed by atoms with Crippen molar-refractivity contribution in [3.63, 3.8) is 0 Å². The first-order valence-corrected chi connectivity index (χ1v) is 8.58. The SMILES string of the molecule is N#CCCCOc1cccc(CNCc2ccc(-n3cncn3)cc2)c1. The average Bonchev–Trinajstić information content (AvgIpc) is 3.21. The first-order valence-electron chi connectivity index (χ1n) is 8.58. The number of nitrogens with zero attached hydrogens (tertiary/aromatic N) is 4. The highest BCUT2D eigenvalue weighted by atomic mass is 16.5. The number of benzene rings is 2. The third-order valence-corrected chi connectivity index (χ3v) is 3.88. The molecule has 6 nitrogen and oxygen atoms in total. The van der Waals surface area contributed by atoms with E-state index in [4.69, 9.17) is 10.00 Å². The maximum atomic E-state index is 8.54. The van der Waals surface area contributed by atoms with E-state index in [9.17, 15) is 0 Å². The Balaban J connectivity index is 1.46. The maximum Gasteiger partial charge on any atom is 0.138 e. The van der Waals surface area contributed by atoms with Gasteiger partial charge in [-0.1, -0.05) is 24.3 Å². The van der Waals surface area contributed by atoms with Gasteiger partial charge in [0.1, 0.15) is 18.4 Å². The van der Waals surface area contributed by atoms with E-state index in [0.717, 1.165) is 30.9 Å². The zero-order chi connectivity index (χ0) is 18.0. The first kappa shape index (κ1) is 17.6. The molecule has 0 unspecified atom stereocenters. The molecule has 3 rings (SSSR count). The fraction of sp³-hybridized carbons (Fsp3) is 0.250. The number of hydrogen-bond donors (Lipinski definition) is 1. The lowest BCUT2D eigenvalue weighted by molar-refractivity contribution is 0.312. The second-order valence-corrected chi connectivity index (χ2v) is 5.87. The van der Waals surface area contributed by atoms with E-state index in [1.165, 1.54) is 17.5 Å². The number of ether oxygens (including phenoxy) is 1. The Morgan fingerprint density at radius 3 is 2.69 bits per heavy atom. The molecule has 0 spiro atoms. The van der Waals surface area contributed by atoms with Crippen molar-refractivity contribution in [3.05, 3.63) is 72.3 Å². The molecule has 1 aromatic heterocycles. The summed E-state index contributed by atoms with van der Waals surface area (Å²) >= 11 is 0. The Kier molecular flexibility index (Phi) is 6.35. The smallest absolute Gasteiger partial charge is 0.138 e. The molecule has 0 aliphatic carbocycles. The summed E-state index contributed by atoms with van der Waals surface area (Å²) in [7, 11) is 0. The molecule has 26 heavy (non-hydrogen) atoms. The predicted octanol–water partition coefficient (Wildman–Crippen LogP) is 3.24. The zero-order valence-corrected chi connectivity index (χ0v) is 14.5. The molecule has 1 N–H and O–H groups in total. The second-order valence-electron chi connectivity index (χ2n) is 5.87. The van der Waals surface area contributed by atoms with Crippen molar-refractivity contribution in [1.29, 1.82) is 5.26 Å². The van der Waals surface area contributed by atoms with E-state index < -0.39 is 0 Å². The monoisotopic (exact) mass is 347 g/mol. The molecule has 0 radical (unpaired) electrons. The van der Waals surface area contributed by atoms with Gasteiger partial charge in [0, 0.05) is 19.5 Å². The number of rotatable bonds is 9. The molecule has 0 aliphatic rings. The fourth-order valence-electron chi connectivity index (χ4n) is 2.55. The molecular weight excluding hydrogens is 326 g/mol. The van der Waals surface area contributed by atoms with Gasteiger partial charge < -0.3 is 10.1 Å². The minimum atomic E-state index is 0.525. The van der Waals surface area contributed by atoms with E-state index in [1.54, 1.807) is 11.0 Å². The van der Waals surface area contributed by atoms with E-state index in [-0.39, 0.29) is 0 Å². The van der Waals surface area contributed by atoms with E-state index in [2.05, 4.69) is 39.7 Å². The lowest BCUT2D eigenvalue weighted by Gasteiger charge is -2.09. The van der Waals surface area contributed by atoms with Gasteiger partial charge in [0.15, 0.2) is 0 Å². The summed E-state index contributed by atoms with van der Waals surface area (Å²) in [5.41, 5.74) is 3.37. The van der Waals surface area contributed by atoms with Gasteiger partial charge in [0.2, 0.25) is 0 Å². The van der Waals surface area contributed by atoms with Crippen LogP contribution in [0.2, 0.25) is 0 Å². The summed E-state index contributed by atoms with van der Waals surface area (Å²) in [6.45, 7) is 2.12. The molecular formula is C20H21N5O.